The molecule has 0 radical (unpaired) electrons. The summed E-state index contributed by atoms with van der Waals surface area (Å²) in [6.45, 7) is 2.04. The Morgan fingerprint density at radius 3 is 2.72 bits per heavy atom. The Hall–Kier alpha value is -2.43. The second kappa shape index (κ2) is 4.83. The van der Waals surface area contributed by atoms with Crippen LogP contribution in [-0.4, -0.2) is 16.1 Å². The van der Waals surface area contributed by atoms with Crippen LogP contribution in [0.2, 0.25) is 0 Å². The first-order valence-electron chi connectivity index (χ1n) is 5.42. The van der Waals surface area contributed by atoms with Crippen LogP contribution in [0, 0.1) is 6.92 Å². The first-order valence-corrected chi connectivity index (χ1v) is 5.42. The fraction of sp³-hybridized carbons (Fsp3) is 0.154. The molecule has 0 atom stereocenters. The summed E-state index contributed by atoms with van der Waals surface area (Å²) in [4.78, 5) is 11.8. The number of amides is 1. The summed E-state index contributed by atoms with van der Waals surface area (Å²) in [6.07, 6.45) is 0. The number of hydrogen-bond acceptors (Lipinski definition) is 4. The fourth-order valence-electron chi connectivity index (χ4n) is 1.56. The van der Waals surface area contributed by atoms with Crippen molar-refractivity contribution in [3.8, 4) is 11.5 Å². The van der Waals surface area contributed by atoms with E-state index in [0.29, 0.717) is 5.76 Å². The highest BCUT2D eigenvalue weighted by Gasteiger charge is 2.13. The first-order chi connectivity index (χ1) is 8.58. The van der Waals surface area contributed by atoms with E-state index in [1.54, 1.807) is 12.1 Å². The molecule has 0 saturated carbocycles. The summed E-state index contributed by atoms with van der Waals surface area (Å²) in [7, 11) is 0. The second-order valence-corrected chi connectivity index (χ2v) is 3.87. The molecule has 5 nitrogen and oxygen atoms in total. The summed E-state index contributed by atoms with van der Waals surface area (Å²) in [5.41, 5.74) is 0.0262. The van der Waals surface area contributed by atoms with Crippen LogP contribution in [0.4, 0.5) is 0 Å². The van der Waals surface area contributed by atoms with E-state index in [1.807, 2.05) is 6.92 Å². The number of para-hydroxylation sites is 1. The van der Waals surface area contributed by atoms with Gasteiger partial charge < -0.3 is 19.9 Å². The topological polar surface area (TPSA) is 82.7 Å². The van der Waals surface area contributed by atoms with Crippen LogP contribution in [0.15, 0.2) is 34.7 Å². The molecule has 0 fully saturated rings. The largest absolute Gasteiger partial charge is 0.504 e. The van der Waals surface area contributed by atoms with Crippen LogP contribution in [-0.2, 0) is 6.54 Å². The molecule has 2 aromatic rings. The molecule has 1 aromatic heterocycles. The maximum Gasteiger partial charge on any atom is 0.255 e. The minimum Gasteiger partial charge on any atom is -0.504 e. The van der Waals surface area contributed by atoms with Crippen LogP contribution < -0.4 is 5.32 Å². The van der Waals surface area contributed by atoms with Crippen molar-refractivity contribution < 1.29 is 19.4 Å². The molecule has 0 saturated heterocycles. The van der Waals surface area contributed by atoms with Crippen molar-refractivity contribution in [1.82, 2.24) is 5.32 Å². The highest BCUT2D eigenvalue weighted by molar-refractivity contribution is 5.97. The van der Waals surface area contributed by atoms with Crippen molar-refractivity contribution in [3.63, 3.8) is 0 Å². The van der Waals surface area contributed by atoms with E-state index < -0.39 is 11.7 Å². The molecule has 0 unspecified atom stereocenters. The van der Waals surface area contributed by atoms with Crippen LogP contribution in [0.1, 0.15) is 21.9 Å². The molecule has 1 amide bonds. The van der Waals surface area contributed by atoms with Gasteiger partial charge in [-0.1, -0.05) is 6.07 Å². The normalized spacial score (nSPS) is 10.3. The average molecular weight is 247 g/mol. The number of carbonyl (C=O) groups is 1. The van der Waals surface area contributed by atoms with Crippen LogP contribution in [0.3, 0.4) is 0 Å². The number of carbonyl (C=O) groups excluding carboxylic acids is 1. The number of rotatable bonds is 3. The molecular formula is C13H13NO4. The van der Waals surface area contributed by atoms with Gasteiger partial charge >= 0.3 is 0 Å². The Bertz CT molecular complexity index is 574. The van der Waals surface area contributed by atoms with Gasteiger partial charge in [-0.2, -0.15) is 0 Å². The zero-order chi connectivity index (χ0) is 13.1. The standard InChI is InChI=1S/C13H13NO4/c1-8-5-6-9(18-8)7-14-13(17)10-3-2-4-11(15)12(10)16/h2-6,15-16H,7H2,1H3,(H,14,17). The molecule has 0 aliphatic heterocycles. The van der Waals surface area contributed by atoms with Gasteiger partial charge in [-0.15, -0.1) is 0 Å². The summed E-state index contributed by atoms with van der Waals surface area (Å²) in [5, 5.41) is 21.4. The maximum absolute atomic E-state index is 11.8. The first kappa shape index (κ1) is 12.0. The van der Waals surface area contributed by atoms with E-state index in [9.17, 15) is 15.0 Å². The lowest BCUT2D eigenvalue weighted by atomic mass is 10.1. The Morgan fingerprint density at radius 1 is 1.28 bits per heavy atom. The molecule has 1 aromatic carbocycles. The van der Waals surface area contributed by atoms with E-state index in [2.05, 4.69) is 5.32 Å². The van der Waals surface area contributed by atoms with E-state index >= 15 is 0 Å². The Balaban J connectivity index is 2.06. The lowest BCUT2D eigenvalue weighted by molar-refractivity contribution is 0.0944. The molecule has 0 aliphatic carbocycles. The third-order valence-corrected chi connectivity index (χ3v) is 2.48. The van der Waals surface area contributed by atoms with Crippen LogP contribution in [0.25, 0.3) is 0 Å². The number of benzene rings is 1. The number of aromatic hydroxyl groups is 2. The summed E-state index contributed by atoms with van der Waals surface area (Å²) < 4.78 is 5.30. The van der Waals surface area contributed by atoms with E-state index in [0.717, 1.165) is 5.76 Å². The van der Waals surface area contributed by atoms with Crippen molar-refractivity contribution >= 4 is 5.91 Å². The lowest BCUT2D eigenvalue weighted by Crippen LogP contribution is -2.22. The van der Waals surface area contributed by atoms with E-state index in [1.165, 1.54) is 18.2 Å². The lowest BCUT2D eigenvalue weighted by Gasteiger charge is -2.06. The molecular weight excluding hydrogens is 234 g/mol. The van der Waals surface area contributed by atoms with E-state index in [4.69, 9.17) is 4.42 Å². The quantitative estimate of drug-likeness (QED) is 0.724. The van der Waals surface area contributed by atoms with Crippen molar-refractivity contribution in [1.29, 1.82) is 0 Å². The minimum absolute atomic E-state index is 0.0262. The molecule has 0 aliphatic rings. The van der Waals surface area contributed by atoms with Gasteiger partial charge in [0.1, 0.15) is 11.5 Å². The Kier molecular flexibility index (Phi) is 3.23. The molecule has 2 rings (SSSR count). The number of hydrogen-bond donors (Lipinski definition) is 3. The summed E-state index contributed by atoms with van der Waals surface area (Å²) in [5.74, 6) is 0.166. The zero-order valence-electron chi connectivity index (χ0n) is 9.80. The summed E-state index contributed by atoms with van der Waals surface area (Å²) in [6, 6.07) is 7.78. The molecule has 3 N–H and O–H groups in total. The van der Waals surface area contributed by atoms with Crippen molar-refractivity contribution in [2.75, 3.05) is 0 Å². The maximum atomic E-state index is 11.8. The van der Waals surface area contributed by atoms with Gasteiger partial charge in [0, 0.05) is 0 Å². The Labute approximate surface area is 104 Å². The van der Waals surface area contributed by atoms with Gasteiger partial charge in [0.15, 0.2) is 11.5 Å². The molecule has 5 heteroatoms. The minimum atomic E-state index is -0.475. The van der Waals surface area contributed by atoms with E-state index in [-0.39, 0.29) is 17.9 Å². The highest BCUT2D eigenvalue weighted by atomic mass is 16.3. The smallest absolute Gasteiger partial charge is 0.255 e. The predicted octanol–water partition coefficient (Wildman–Crippen LogP) is 1.93. The Morgan fingerprint density at radius 2 is 2.06 bits per heavy atom. The monoisotopic (exact) mass is 247 g/mol. The van der Waals surface area contributed by atoms with Gasteiger partial charge in [0.25, 0.3) is 5.91 Å². The van der Waals surface area contributed by atoms with Crippen molar-refractivity contribution in [3.05, 3.63) is 47.4 Å². The average Bonchev–Trinajstić information content (AvgIpc) is 2.76. The van der Waals surface area contributed by atoms with Gasteiger partial charge in [-0.25, -0.2) is 0 Å². The van der Waals surface area contributed by atoms with Gasteiger partial charge in [-0.05, 0) is 31.2 Å². The number of nitrogens with one attached hydrogen (secondary N) is 1. The highest BCUT2D eigenvalue weighted by Crippen LogP contribution is 2.27. The number of phenolic OH excluding ortho intramolecular Hbond substituents is 2. The number of furan rings is 1. The molecule has 1 heterocycles. The van der Waals surface area contributed by atoms with Crippen LogP contribution >= 0.6 is 0 Å². The number of aryl methyl sites for hydroxylation is 1. The fourth-order valence-corrected chi connectivity index (χ4v) is 1.56. The third kappa shape index (κ3) is 2.45. The molecule has 94 valence electrons. The summed E-state index contributed by atoms with van der Waals surface area (Å²) >= 11 is 0. The number of phenols is 2. The SMILES string of the molecule is Cc1ccc(CNC(=O)c2cccc(O)c2O)o1. The third-order valence-electron chi connectivity index (χ3n) is 2.48. The van der Waals surface area contributed by atoms with Gasteiger partial charge in [0.2, 0.25) is 0 Å². The van der Waals surface area contributed by atoms with Gasteiger partial charge in [-0.3, -0.25) is 4.79 Å². The van der Waals surface area contributed by atoms with Crippen molar-refractivity contribution in [2.24, 2.45) is 0 Å². The second-order valence-electron chi connectivity index (χ2n) is 3.87. The molecule has 18 heavy (non-hydrogen) atoms. The predicted molar refractivity (Wildman–Crippen MR) is 64.4 cm³/mol. The van der Waals surface area contributed by atoms with Gasteiger partial charge in [0.05, 0.1) is 12.1 Å². The van der Waals surface area contributed by atoms with Crippen LogP contribution in [0.5, 0.6) is 11.5 Å². The molecule has 0 bridgehead atoms. The molecule has 0 spiro atoms. The zero-order valence-corrected chi connectivity index (χ0v) is 9.80. The van der Waals surface area contributed by atoms with Crippen molar-refractivity contribution in [2.45, 2.75) is 13.5 Å².